The van der Waals surface area contributed by atoms with E-state index < -0.39 is 0 Å². The lowest BCUT2D eigenvalue weighted by molar-refractivity contribution is 1.18. The average molecular weight is 713 g/mol. The van der Waals surface area contributed by atoms with Crippen molar-refractivity contribution in [2.75, 3.05) is 4.90 Å². The second-order valence-corrected chi connectivity index (χ2v) is 14.5. The van der Waals surface area contributed by atoms with Crippen LogP contribution in [0.1, 0.15) is 0 Å². The van der Waals surface area contributed by atoms with Crippen LogP contribution in [-0.2, 0) is 0 Å². The molecule has 0 N–H and O–H groups in total. The Morgan fingerprint density at radius 2 is 0.893 bits per heavy atom. The van der Waals surface area contributed by atoms with E-state index in [1.807, 2.05) is 0 Å². The molecule has 0 aliphatic heterocycles. The standard InChI is InChI=1S/C54H36N2/c1-4-18-38(19-5-1)52-46-26-13-12-25-44(46)45-34-33-43(36-48(45)53(52)39-20-6-2-7-21-39)55(41-23-8-3-9-24-41)50-29-16-30-51-54(50)47-27-14-15-28-49(47)56(51)42-32-31-37-17-10-11-22-40(37)35-42/h1-36H. The third kappa shape index (κ3) is 5.11. The van der Waals surface area contributed by atoms with E-state index in [0.29, 0.717) is 0 Å². The molecule has 0 amide bonds. The zero-order valence-corrected chi connectivity index (χ0v) is 30.7. The highest BCUT2D eigenvalue weighted by molar-refractivity contribution is 6.23. The van der Waals surface area contributed by atoms with E-state index in [0.717, 1.165) is 22.7 Å². The highest BCUT2D eigenvalue weighted by Crippen LogP contribution is 2.48. The van der Waals surface area contributed by atoms with Gasteiger partial charge in [-0.15, -0.1) is 0 Å². The molecule has 11 aromatic rings. The predicted molar refractivity (Wildman–Crippen MR) is 239 cm³/mol. The first-order chi connectivity index (χ1) is 27.8. The monoisotopic (exact) mass is 712 g/mol. The summed E-state index contributed by atoms with van der Waals surface area (Å²) in [7, 11) is 0. The fourth-order valence-corrected chi connectivity index (χ4v) is 8.91. The van der Waals surface area contributed by atoms with Crippen molar-refractivity contribution in [1.29, 1.82) is 0 Å². The molecule has 1 aromatic heterocycles. The van der Waals surface area contributed by atoms with E-state index in [9.17, 15) is 0 Å². The van der Waals surface area contributed by atoms with Gasteiger partial charge in [0.15, 0.2) is 0 Å². The summed E-state index contributed by atoms with van der Waals surface area (Å²) in [5, 5.41) is 9.86. The molecule has 0 saturated carbocycles. The maximum atomic E-state index is 2.45. The van der Waals surface area contributed by atoms with Gasteiger partial charge < -0.3 is 9.47 Å². The van der Waals surface area contributed by atoms with Crippen molar-refractivity contribution in [2.24, 2.45) is 0 Å². The Labute approximate surface area is 325 Å². The second-order valence-electron chi connectivity index (χ2n) is 14.5. The van der Waals surface area contributed by atoms with E-state index in [2.05, 4.69) is 228 Å². The van der Waals surface area contributed by atoms with Gasteiger partial charge in [0.25, 0.3) is 0 Å². The molecule has 10 aromatic carbocycles. The largest absolute Gasteiger partial charge is 0.310 e. The van der Waals surface area contributed by atoms with Crippen LogP contribution in [0.3, 0.4) is 0 Å². The number of rotatable bonds is 6. The van der Waals surface area contributed by atoms with Gasteiger partial charge in [-0.25, -0.2) is 0 Å². The zero-order chi connectivity index (χ0) is 37.0. The minimum absolute atomic E-state index is 1.10. The van der Waals surface area contributed by atoms with Crippen LogP contribution in [0, 0.1) is 0 Å². The maximum Gasteiger partial charge on any atom is 0.0562 e. The Hall–Kier alpha value is -7.42. The number of hydrogen-bond donors (Lipinski definition) is 0. The first-order valence-electron chi connectivity index (χ1n) is 19.3. The summed E-state index contributed by atoms with van der Waals surface area (Å²) < 4.78 is 2.43. The fraction of sp³-hybridized carbons (Fsp3) is 0. The summed E-state index contributed by atoms with van der Waals surface area (Å²) in [5.74, 6) is 0. The molecule has 0 fully saturated rings. The summed E-state index contributed by atoms with van der Waals surface area (Å²) in [6.07, 6.45) is 0. The molecule has 0 bridgehead atoms. The van der Waals surface area contributed by atoms with E-state index in [4.69, 9.17) is 0 Å². The van der Waals surface area contributed by atoms with Crippen molar-refractivity contribution in [2.45, 2.75) is 0 Å². The molecule has 0 unspecified atom stereocenters. The van der Waals surface area contributed by atoms with Crippen molar-refractivity contribution < 1.29 is 0 Å². The number of anilines is 3. The fourth-order valence-electron chi connectivity index (χ4n) is 8.91. The molecule has 0 atom stereocenters. The molecule has 0 spiro atoms. The van der Waals surface area contributed by atoms with Crippen molar-refractivity contribution >= 4 is 71.2 Å². The number of benzene rings is 10. The Morgan fingerprint density at radius 1 is 0.321 bits per heavy atom. The van der Waals surface area contributed by atoms with Gasteiger partial charge >= 0.3 is 0 Å². The molecule has 2 nitrogen and oxygen atoms in total. The maximum absolute atomic E-state index is 2.45. The Morgan fingerprint density at radius 3 is 1.64 bits per heavy atom. The summed E-state index contributed by atoms with van der Waals surface area (Å²) in [5.41, 5.74) is 11.7. The van der Waals surface area contributed by atoms with E-state index >= 15 is 0 Å². The molecule has 0 aliphatic rings. The number of aromatic nitrogens is 1. The minimum atomic E-state index is 1.10. The van der Waals surface area contributed by atoms with Gasteiger partial charge in [-0.1, -0.05) is 164 Å². The highest BCUT2D eigenvalue weighted by atomic mass is 15.1. The molecular weight excluding hydrogens is 677 g/mol. The number of fused-ring (bicyclic) bond motifs is 7. The van der Waals surface area contributed by atoms with Gasteiger partial charge in [0.05, 0.1) is 16.7 Å². The Bertz CT molecular complexity index is 3240. The SMILES string of the molecule is c1ccc(-c2c(-c3ccccc3)c3cc(N(c4ccccc4)c4cccc5c4c4ccccc4n5-c4ccc5ccccc5c4)ccc3c3ccccc23)cc1. The molecule has 0 saturated heterocycles. The van der Waals surface area contributed by atoms with Crippen LogP contribution in [0.2, 0.25) is 0 Å². The van der Waals surface area contributed by atoms with Gasteiger partial charge in [-0.2, -0.15) is 0 Å². The molecular formula is C54H36N2. The van der Waals surface area contributed by atoms with Crippen molar-refractivity contribution in [3.05, 3.63) is 218 Å². The minimum Gasteiger partial charge on any atom is -0.310 e. The van der Waals surface area contributed by atoms with E-state index in [1.165, 1.54) is 76.4 Å². The average Bonchev–Trinajstić information content (AvgIpc) is 3.62. The first-order valence-corrected chi connectivity index (χ1v) is 19.3. The molecule has 1 heterocycles. The van der Waals surface area contributed by atoms with Crippen molar-refractivity contribution in [1.82, 2.24) is 4.57 Å². The van der Waals surface area contributed by atoms with Gasteiger partial charge in [0.1, 0.15) is 0 Å². The lowest BCUT2D eigenvalue weighted by Gasteiger charge is -2.28. The highest BCUT2D eigenvalue weighted by Gasteiger charge is 2.23. The van der Waals surface area contributed by atoms with Crippen molar-refractivity contribution in [3.8, 4) is 27.9 Å². The van der Waals surface area contributed by atoms with Gasteiger partial charge in [-0.05, 0) is 109 Å². The molecule has 11 rings (SSSR count). The van der Waals surface area contributed by atoms with Crippen LogP contribution in [0.5, 0.6) is 0 Å². The summed E-state index contributed by atoms with van der Waals surface area (Å²) >= 11 is 0. The van der Waals surface area contributed by atoms with E-state index in [-0.39, 0.29) is 0 Å². The normalized spacial score (nSPS) is 11.6. The first kappa shape index (κ1) is 32.0. The summed E-state index contributed by atoms with van der Waals surface area (Å²) in [6.45, 7) is 0. The topological polar surface area (TPSA) is 8.17 Å². The molecule has 56 heavy (non-hydrogen) atoms. The van der Waals surface area contributed by atoms with E-state index in [1.54, 1.807) is 0 Å². The summed E-state index contributed by atoms with van der Waals surface area (Å²) in [4.78, 5) is 2.45. The molecule has 262 valence electrons. The van der Waals surface area contributed by atoms with Crippen LogP contribution in [0.4, 0.5) is 17.1 Å². The predicted octanol–water partition coefficient (Wildman–Crippen LogP) is 15.0. The van der Waals surface area contributed by atoms with Crippen LogP contribution in [0.25, 0.3) is 82.1 Å². The van der Waals surface area contributed by atoms with Crippen molar-refractivity contribution in [3.63, 3.8) is 0 Å². The Balaban J connectivity index is 1.23. The van der Waals surface area contributed by atoms with Gasteiger partial charge in [0.2, 0.25) is 0 Å². The zero-order valence-electron chi connectivity index (χ0n) is 30.7. The smallest absolute Gasteiger partial charge is 0.0562 e. The van der Waals surface area contributed by atoms with Crippen LogP contribution < -0.4 is 4.90 Å². The quantitative estimate of drug-likeness (QED) is 0.156. The lowest BCUT2D eigenvalue weighted by atomic mass is 9.85. The number of hydrogen-bond acceptors (Lipinski definition) is 1. The molecule has 2 heteroatoms. The molecule has 0 aliphatic carbocycles. The molecule has 0 radical (unpaired) electrons. The second kappa shape index (κ2) is 13.2. The van der Waals surface area contributed by atoms with Crippen LogP contribution >= 0.6 is 0 Å². The van der Waals surface area contributed by atoms with Gasteiger partial charge in [0, 0.05) is 27.8 Å². The number of nitrogens with zero attached hydrogens (tertiary/aromatic N) is 2. The Kier molecular flexibility index (Phi) is 7.53. The van der Waals surface area contributed by atoms with Crippen LogP contribution in [0.15, 0.2) is 218 Å². The number of para-hydroxylation sites is 2. The third-order valence-corrected chi connectivity index (χ3v) is 11.3. The van der Waals surface area contributed by atoms with Gasteiger partial charge in [-0.3, -0.25) is 0 Å². The third-order valence-electron chi connectivity index (χ3n) is 11.3. The summed E-state index contributed by atoms with van der Waals surface area (Å²) in [6, 6.07) is 79.5. The lowest BCUT2D eigenvalue weighted by Crippen LogP contribution is -2.10. The van der Waals surface area contributed by atoms with Crippen LogP contribution in [-0.4, -0.2) is 4.57 Å².